The van der Waals surface area contributed by atoms with Crippen LogP contribution in [-0.2, 0) is 17.1 Å². The maximum absolute atomic E-state index is 10.6. The number of hydrogen-bond donors (Lipinski definition) is 1. The number of carboxylic acids is 1. The first-order valence-corrected chi connectivity index (χ1v) is 4.94. The molecule has 0 unspecified atom stereocenters. The van der Waals surface area contributed by atoms with Gasteiger partial charge < -0.3 is 5.11 Å². The zero-order valence-electron chi connectivity index (χ0n) is 8.30. The fraction of sp³-hybridized carbons (Fsp3) is 0.364. The highest BCUT2D eigenvalue weighted by Gasteiger charge is 2.07. The lowest BCUT2D eigenvalue weighted by molar-refractivity contribution is -0.136. The van der Waals surface area contributed by atoms with Gasteiger partial charge in [0, 0.05) is 5.88 Å². The first-order chi connectivity index (χ1) is 6.54. The van der Waals surface area contributed by atoms with Gasteiger partial charge in [-0.3, -0.25) is 4.79 Å². The van der Waals surface area contributed by atoms with E-state index in [0.29, 0.717) is 5.88 Å². The maximum Gasteiger partial charge on any atom is 0.307 e. The van der Waals surface area contributed by atoms with Gasteiger partial charge in [-0.15, -0.1) is 11.6 Å². The van der Waals surface area contributed by atoms with Crippen LogP contribution >= 0.6 is 11.6 Å². The smallest absolute Gasteiger partial charge is 0.307 e. The summed E-state index contributed by atoms with van der Waals surface area (Å²) < 4.78 is 0. The second-order valence-corrected chi connectivity index (χ2v) is 3.68. The normalized spacial score (nSPS) is 10.2. The summed E-state index contributed by atoms with van der Waals surface area (Å²) in [6.07, 6.45) is 0.0786. The van der Waals surface area contributed by atoms with E-state index in [0.717, 1.165) is 22.3 Å². The fourth-order valence-electron chi connectivity index (χ4n) is 1.43. The maximum atomic E-state index is 10.6. The van der Waals surface area contributed by atoms with E-state index < -0.39 is 5.97 Å². The summed E-state index contributed by atoms with van der Waals surface area (Å²) >= 11 is 5.75. The van der Waals surface area contributed by atoms with Crippen LogP contribution in [0.4, 0.5) is 0 Å². The Morgan fingerprint density at radius 3 is 2.29 bits per heavy atom. The predicted molar refractivity (Wildman–Crippen MR) is 56.8 cm³/mol. The van der Waals surface area contributed by atoms with Crippen molar-refractivity contribution in [3.8, 4) is 0 Å². The quantitative estimate of drug-likeness (QED) is 0.783. The van der Waals surface area contributed by atoms with Gasteiger partial charge in [-0.2, -0.15) is 0 Å². The molecule has 0 heterocycles. The molecule has 0 amide bonds. The zero-order chi connectivity index (χ0) is 10.7. The summed E-state index contributed by atoms with van der Waals surface area (Å²) in [6.45, 7) is 3.86. The Bertz CT molecular complexity index is 359. The SMILES string of the molecule is Cc1cc(CC(=O)O)c(C)cc1CCl. The highest BCUT2D eigenvalue weighted by Crippen LogP contribution is 2.18. The molecule has 1 aromatic carbocycles. The van der Waals surface area contributed by atoms with Gasteiger partial charge in [0.05, 0.1) is 6.42 Å². The summed E-state index contributed by atoms with van der Waals surface area (Å²) in [7, 11) is 0. The van der Waals surface area contributed by atoms with Crippen molar-refractivity contribution in [2.75, 3.05) is 0 Å². The molecule has 0 saturated carbocycles. The van der Waals surface area contributed by atoms with Crippen LogP contribution in [0.2, 0.25) is 0 Å². The van der Waals surface area contributed by atoms with Gasteiger partial charge in [-0.1, -0.05) is 12.1 Å². The van der Waals surface area contributed by atoms with E-state index in [-0.39, 0.29) is 6.42 Å². The fourth-order valence-corrected chi connectivity index (χ4v) is 1.72. The molecular formula is C11H13ClO2. The van der Waals surface area contributed by atoms with Crippen LogP contribution in [0.3, 0.4) is 0 Å². The molecule has 0 aliphatic rings. The standard InChI is InChI=1S/C11H13ClO2/c1-7-4-10(6-12)8(2)3-9(7)5-11(13)14/h3-4H,5-6H2,1-2H3,(H,13,14). The third kappa shape index (κ3) is 2.48. The first-order valence-electron chi connectivity index (χ1n) is 4.41. The van der Waals surface area contributed by atoms with Crippen LogP contribution in [0.25, 0.3) is 0 Å². The van der Waals surface area contributed by atoms with Crippen molar-refractivity contribution >= 4 is 17.6 Å². The molecule has 0 aliphatic carbocycles. The van der Waals surface area contributed by atoms with Gasteiger partial charge in [-0.25, -0.2) is 0 Å². The van der Waals surface area contributed by atoms with Gasteiger partial charge in [0.1, 0.15) is 0 Å². The molecule has 0 aromatic heterocycles. The number of hydrogen-bond acceptors (Lipinski definition) is 1. The summed E-state index contributed by atoms with van der Waals surface area (Å²) in [5.41, 5.74) is 3.98. The van der Waals surface area contributed by atoms with Gasteiger partial charge in [0.25, 0.3) is 0 Å². The molecule has 0 aliphatic heterocycles. The number of aliphatic carboxylic acids is 1. The monoisotopic (exact) mass is 212 g/mol. The van der Waals surface area contributed by atoms with Crippen molar-refractivity contribution in [1.82, 2.24) is 0 Å². The molecule has 0 radical (unpaired) electrons. The van der Waals surface area contributed by atoms with E-state index in [9.17, 15) is 4.79 Å². The van der Waals surface area contributed by atoms with Crippen molar-refractivity contribution in [3.05, 3.63) is 34.4 Å². The van der Waals surface area contributed by atoms with Crippen LogP contribution in [0.15, 0.2) is 12.1 Å². The lowest BCUT2D eigenvalue weighted by Crippen LogP contribution is -2.03. The Balaban J connectivity index is 3.08. The molecule has 1 N–H and O–H groups in total. The molecule has 0 atom stereocenters. The van der Waals surface area contributed by atoms with Crippen molar-refractivity contribution in [3.63, 3.8) is 0 Å². The summed E-state index contributed by atoms with van der Waals surface area (Å²) in [5, 5.41) is 8.68. The van der Waals surface area contributed by atoms with E-state index in [2.05, 4.69) is 0 Å². The van der Waals surface area contributed by atoms with Crippen molar-refractivity contribution < 1.29 is 9.90 Å². The number of alkyl halides is 1. The van der Waals surface area contributed by atoms with Crippen LogP contribution in [-0.4, -0.2) is 11.1 Å². The summed E-state index contributed by atoms with van der Waals surface area (Å²) in [4.78, 5) is 10.6. The second kappa shape index (κ2) is 4.47. The second-order valence-electron chi connectivity index (χ2n) is 3.41. The van der Waals surface area contributed by atoms with Crippen LogP contribution in [0.1, 0.15) is 22.3 Å². The summed E-state index contributed by atoms with van der Waals surface area (Å²) in [6, 6.07) is 3.86. The van der Waals surface area contributed by atoms with Crippen LogP contribution in [0, 0.1) is 13.8 Å². The molecular weight excluding hydrogens is 200 g/mol. The molecule has 0 spiro atoms. The largest absolute Gasteiger partial charge is 0.481 e. The van der Waals surface area contributed by atoms with E-state index in [1.165, 1.54) is 0 Å². The molecule has 1 aromatic rings. The molecule has 76 valence electrons. The molecule has 14 heavy (non-hydrogen) atoms. The number of halogens is 1. The van der Waals surface area contributed by atoms with Crippen molar-refractivity contribution in [1.29, 1.82) is 0 Å². The molecule has 3 heteroatoms. The van der Waals surface area contributed by atoms with Crippen molar-refractivity contribution in [2.24, 2.45) is 0 Å². The summed E-state index contributed by atoms with van der Waals surface area (Å²) in [5.74, 6) is -0.328. The lowest BCUT2D eigenvalue weighted by atomic mass is 9.99. The Kier molecular flexibility index (Phi) is 3.53. The minimum absolute atomic E-state index is 0.0786. The van der Waals surface area contributed by atoms with E-state index in [4.69, 9.17) is 16.7 Å². The topological polar surface area (TPSA) is 37.3 Å². The highest BCUT2D eigenvalue weighted by molar-refractivity contribution is 6.17. The third-order valence-electron chi connectivity index (χ3n) is 2.28. The number of benzene rings is 1. The Hall–Kier alpha value is -1.02. The average molecular weight is 213 g/mol. The minimum Gasteiger partial charge on any atom is -0.481 e. The van der Waals surface area contributed by atoms with Gasteiger partial charge >= 0.3 is 5.97 Å². The van der Waals surface area contributed by atoms with E-state index >= 15 is 0 Å². The Morgan fingerprint density at radius 1 is 1.29 bits per heavy atom. The van der Waals surface area contributed by atoms with E-state index in [1.807, 2.05) is 26.0 Å². The Labute approximate surface area is 88.5 Å². The van der Waals surface area contributed by atoms with Crippen LogP contribution < -0.4 is 0 Å². The minimum atomic E-state index is -0.800. The number of rotatable bonds is 3. The third-order valence-corrected chi connectivity index (χ3v) is 2.57. The molecule has 1 rings (SSSR count). The Morgan fingerprint density at radius 2 is 1.79 bits per heavy atom. The van der Waals surface area contributed by atoms with E-state index in [1.54, 1.807) is 0 Å². The molecule has 0 saturated heterocycles. The molecule has 2 nitrogen and oxygen atoms in total. The highest BCUT2D eigenvalue weighted by atomic mass is 35.5. The number of carbonyl (C=O) groups is 1. The molecule has 0 bridgehead atoms. The number of carboxylic acid groups (broad SMARTS) is 1. The average Bonchev–Trinajstić information content (AvgIpc) is 2.10. The molecule has 0 fully saturated rings. The lowest BCUT2D eigenvalue weighted by Gasteiger charge is -2.08. The van der Waals surface area contributed by atoms with Gasteiger partial charge in [0.2, 0.25) is 0 Å². The predicted octanol–water partition coefficient (Wildman–Crippen LogP) is 2.67. The van der Waals surface area contributed by atoms with Gasteiger partial charge in [0.15, 0.2) is 0 Å². The van der Waals surface area contributed by atoms with Crippen molar-refractivity contribution in [2.45, 2.75) is 26.1 Å². The zero-order valence-corrected chi connectivity index (χ0v) is 9.06. The number of aryl methyl sites for hydroxylation is 2. The first kappa shape index (κ1) is 11.1. The van der Waals surface area contributed by atoms with Crippen LogP contribution in [0.5, 0.6) is 0 Å². The van der Waals surface area contributed by atoms with Gasteiger partial charge in [-0.05, 0) is 36.1 Å².